The van der Waals surface area contributed by atoms with Crippen molar-refractivity contribution in [3.63, 3.8) is 0 Å². The summed E-state index contributed by atoms with van der Waals surface area (Å²) >= 11 is 4.33. The number of aromatic nitrogens is 2. The molecule has 1 rings (SSSR count). The minimum atomic E-state index is -0.753. The summed E-state index contributed by atoms with van der Waals surface area (Å²) in [5.74, 6) is 0.0977. The first-order chi connectivity index (χ1) is 11.5. The molecule has 8 nitrogen and oxygen atoms in total. The summed E-state index contributed by atoms with van der Waals surface area (Å²) in [5.41, 5.74) is 0. The molecule has 1 aromatic heterocycles. The first kappa shape index (κ1) is 20.7. The molecule has 0 aromatic carbocycles. The highest BCUT2D eigenvalue weighted by molar-refractivity contribution is 8.01. The Morgan fingerprint density at radius 1 is 1.33 bits per heavy atom. The van der Waals surface area contributed by atoms with E-state index in [-0.39, 0.29) is 5.91 Å². The van der Waals surface area contributed by atoms with E-state index in [1.54, 1.807) is 11.8 Å². The molecule has 0 bridgehead atoms. The molecule has 0 aliphatic rings. The van der Waals surface area contributed by atoms with Gasteiger partial charge in [-0.25, -0.2) is 4.79 Å². The number of amides is 2. The number of esters is 1. The van der Waals surface area contributed by atoms with Crippen molar-refractivity contribution in [1.29, 1.82) is 0 Å². The number of nitrogens with zero attached hydrogens (tertiary/aromatic N) is 2. The average molecular weight is 393 g/mol. The third-order valence-corrected chi connectivity index (χ3v) is 5.04. The molecule has 0 aliphatic heterocycles. The number of thioether (sulfide) groups is 2. The van der Waals surface area contributed by atoms with E-state index in [2.05, 4.69) is 20.8 Å². The fraction of sp³-hybridized carbons (Fsp3) is 0.615. The van der Waals surface area contributed by atoms with E-state index < -0.39 is 24.5 Å². The first-order valence-corrected chi connectivity index (χ1v) is 10.3. The van der Waals surface area contributed by atoms with Crippen LogP contribution in [0.2, 0.25) is 0 Å². The van der Waals surface area contributed by atoms with Crippen LogP contribution in [-0.4, -0.2) is 58.4 Å². The second-order valence-electron chi connectivity index (χ2n) is 4.50. The Morgan fingerprint density at radius 2 is 2.08 bits per heavy atom. The highest BCUT2D eigenvalue weighted by Crippen LogP contribution is 2.24. The van der Waals surface area contributed by atoms with E-state index >= 15 is 0 Å². The summed E-state index contributed by atoms with van der Waals surface area (Å²) in [4.78, 5) is 34.9. The largest absolute Gasteiger partial charge is 0.454 e. The molecule has 0 unspecified atom stereocenters. The molecule has 0 aliphatic carbocycles. The first-order valence-electron chi connectivity index (χ1n) is 7.15. The molecule has 11 heteroatoms. The van der Waals surface area contributed by atoms with Gasteiger partial charge in [-0.3, -0.25) is 14.9 Å². The van der Waals surface area contributed by atoms with Gasteiger partial charge in [0.15, 0.2) is 10.9 Å². The van der Waals surface area contributed by atoms with E-state index in [1.807, 2.05) is 13.2 Å². The average Bonchev–Trinajstić information content (AvgIpc) is 2.96. The van der Waals surface area contributed by atoms with E-state index in [9.17, 15) is 14.4 Å². The fourth-order valence-electron chi connectivity index (χ4n) is 1.56. The van der Waals surface area contributed by atoms with Gasteiger partial charge in [-0.1, -0.05) is 30.0 Å². The van der Waals surface area contributed by atoms with Crippen LogP contribution in [0.25, 0.3) is 0 Å². The fourth-order valence-corrected chi connectivity index (χ4v) is 3.70. The molecule has 0 fully saturated rings. The summed E-state index contributed by atoms with van der Waals surface area (Å²) in [6.45, 7) is 2.88. The second kappa shape index (κ2) is 11.3. The smallest absolute Gasteiger partial charge is 0.329 e. The van der Waals surface area contributed by atoms with Crippen LogP contribution in [0.3, 0.4) is 0 Å². The van der Waals surface area contributed by atoms with Crippen LogP contribution in [0.15, 0.2) is 4.34 Å². The highest BCUT2D eigenvalue weighted by Gasteiger charge is 2.21. The Balaban J connectivity index is 2.44. The van der Waals surface area contributed by atoms with Crippen LogP contribution in [0.4, 0.5) is 5.13 Å². The number of carbonyl (C=O) groups is 3. The van der Waals surface area contributed by atoms with Crippen molar-refractivity contribution < 1.29 is 19.1 Å². The SMILES string of the molecule is CCSc1nnc(NC(=O)COC(=O)[C@@H](CCSC)NC(C)=O)s1. The van der Waals surface area contributed by atoms with Crippen LogP contribution in [0.5, 0.6) is 0 Å². The molecule has 0 saturated carbocycles. The van der Waals surface area contributed by atoms with E-state index in [1.165, 1.54) is 30.0 Å². The van der Waals surface area contributed by atoms with Gasteiger partial charge in [0.05, 0.1) is 0 Å². The van der Waals surface area contributed by atoms with Gasteiger partial charge in [-0.2, -0.15) is 11.8 Å². The molecule has 1 atom stereocenters. The minimum absolute atomic E-state index is 0.322. The maximum absolute atomic E-state index is 12.0. The lowest BCUT2D eigenvalue weighted by atomic mass is 10.2. The van der Waals surface area contributed by atoms with Crippen LogP contribution in [0, 0.1) is 0 Å². The number of hydrogen-bond donors (Lipinski definition) is 2. The van der Waals surface area contributed by atoms with Crippen LogP contribution < -0.4 is 10.6 Å². The van der Waals surface area contributed by atoms with Crippen LogP contribution >= 0.6 is 34.9 Å². The number of nitrogens with one attached hydrogen (secondary N) is 2. The topological polar surface area (TPSA) is 110 Å². The second-order valence-corrected chi connectivity index (χ2v) is 7.97. The van der Waals surface area contributed by atoms with Gasteiger partial charge in [0.1, 0.15) is 6.04 Å². The number of rotatable bonds is 10. The van der Waals surface area contributed by atoms with Crippen molar-refractivity contribution in [3.8, 4) is 0 Å². The Kier molecular flexibility index (Phi) is 9.72. The maximum Gasteiger partial charge on any atom is 0.329 e. The highest BCUT2D eigenvalue weighted by atomic mass is 32.2. The zero-order valence-corrected chi connectivity index (χ0v) is 16.1. The zero-order chi connectivity index (χ0) is 17.9. The quantitative estimate of drug-likeness (QED) is 0.349. The van der Waals surface area contributed by atoms with Crippen molar-refractivity contribution in [2.45, 2.75) is 30.6 Å². The molecule has 0 saturated heterocycles. The normalized spacial score (nSPS) is 11.6. The Hall–Kier alpha value is -1.33. The summed E-state index contributed by atoms with van der Waals surface area (Å²) in [7, 11) is 0. The molecule has 24 heavy (non-hydrogen) atoms. The van der Waals surface area contributed by atoms with Gasteiger partial charge in [0.25, 0.3) is 5.91 Å². The van der Waals surface area contributed by atoms with Crippen molar-refractivity contribution in [1.82, 2.24) is 15.5 Å². The predicted octanol–water partition coefficient (Wildman–Crippen LogP) is 1.39. The lowest BCUT2D eigenvalue weighted by Gasteiger charge is -2.15. The van der Waals surface area contributed by atoms with Gasteiger partial charge >= 0.3 is 5.97 Å². The monoisotopic (exact) mass is 392 g/mol. The Labute approximate surface area is 152 Å². The predicted molar refractivity (Wildman–Crippen MR) is 96.5 cm³/mol. The number of anilines is 1. The maximum atomic E-state index is 12.0. The number of carbonyl (C=O) groups excluding carboxylic acids is 3. The summed E-state index contributed by atoms with van der Waals surface area (Å²) in [6, 6.07) is -0.753. The zero-order valence-electron chi connectivity index (χ0n) is 13.7. The Bertz CT molecular complexity index is 567. The van der Waals surface area contributed by atoms with Crippen molar-refractivity contribution >= 4 is 57.8 Å². The number of ether oxygens (including phenoxy) is 1. The lowest BCUT2D eigenvalue weighted by Crippen LogP contribution is -2.42. The molecular formula is C13H20N4O4S3. The van der Waals surface area contributed by atoms with Crippen LogP contribution in [0.1, 0.15) is 20.3 Å². The summed E-state index contributed by atoms with van der Waals surface area (Å²) in [6.07, 6.45) is 2.34. The van der Waals surface area contributed by atoms with E-state index in [0.717, 1.165) is 10.1 Å². The van der Waals surface area contributed by atoms with Crippen molar-refractivity contribution in [3.05, 3.63) is 0 Å². The molecule has 0 spiro atoms. The third-order valence-electron chi connectivity index (χ3n) is 2.54. The van der Waals surface area contributed by atoms with Gasteiger partial charge in [-0.05, 0) is 24.2 Å². The van der Waals surface area contributed by atoms with E-state index in [4.69, 9.17) is 4.74 Å². The molecule has 1 heterocycles. The molecule has 1 aromatic rings. The lowest BCUT2D eigenvalue weighted by molar-refractivity contribution is -0.150. The molecule has 2 amide bonds. The van der Waals surface area contributed by atoms with Gasteiger partial charge in [0, 0.05) is 6.92 Å². The Morgan fingerprint density at radius 3 is 2.71 bits per heavy atom. The molecule has 134 valence electrons. The van der Waals surface area contributed by atoms with Crippen molar-refractivity contribution in [2.24, 2.45) is 0 Å². The standard InChI is InChI=1S/C13H20N4O4S3/c1-4-23-13-17-16-12(24-13)15-10(19)7-21-11(20)9(5-6-22-3)14-8(2)18/h9H,4-7H2,1-3H3,(H,14,18)(H,15,16,19)/t9-/m1/s1. The van der Waals surface area contributed by atoms with Gasteiger partial charge < -0.3 is 10.1 Å². The minimum Gasteiger partial charge on any atom is -0.454 e. The van der Waals surface area contributed by atoms with Crippen molar-refractivity contribution in [2.75, 3.05) is 29.7 Å². The summed E-state index contributed by atoms with van der Waals surface area (Å²) in [5, 5.41) is 13.1. The van der Waals surface area contributed by atoms with E-state index in [0.29, 0.717) is 17.3 Å². The molecule has 2 N–H and O–H groups in total. The van der Waals surface area contributed by atoms with Gasteiger partial charge in [0.2, 0.25) is 11.0 Å². The summed E-state index contributed by atoms with van der Waals surface area (Å²) < 4.78 is 5.72. The number of hydrogen-bond acceptors (Lipinski definition) is 9. The van der Waals surface area contributed by atoms with Gasteiger partial charge in [-0.15, -0.1) is 10.2 Å². The molecule has 0 radical (unpaired) electrons. The molecular weight excluding hydrogens is 372 g/mol. The third kappa shape index (κ3) is 7.97. The van der Waals surface area contributed by atoms with Crippen LogP contribution in [-0.2, 0) is 19.1 Å².